The number of hydrogen-bond acceptors (Lipinski definition) is 12. The zero-order valence-corrected chi connectivity index (χ0v) is 37.7. The number of pyridine rings is 2. The van der Waals surface area contributed by atoms with Gasteiger partial charge in [0.25, 0.3) is 11.1 Å². The van der Waals surface area contributed by atoms with Gasteiger partial charge in [0.1, 0.15) is 11.3 Å². The summed E-state index contributed by atoms with van der Waals surface area (Å²) >= 11 is 12.1. The number of rotatable bonds is 4. The zero-order chi connectivity index (χ0) is 43.9. The molecule has 2 aromatic carbocycles. The van der Waals surface area contributed by atoms with E-state index in [1.54, 1.807) is 6.92 Å². The molecule has 4 aromatic heterocycles. The number of nitrogens with zero attached hydrogens (tertiary/aromatic N) is 6. The molecule has 18 heteroatoms. The number of aromatic nitrogens is 6. The van der Waals surface area contributed by atoms with Crippen molar-refractivity contribution in [2.75, 3.05) is 0 Å². The molecule has 2 aliphatic rings. The van der Waals surface area contributed by atoms with Crippen molar-refractivity contribution >= 4 is 101 Å². The molecule has 0 N–H and O–H groups in total. The molecule has 0 bridgehead atoms. The molecular weight excluding hydrogens is 940 g/mol. The van der Waals surface area contributed by atoms with E-state index < -0.39 is 34.1 Å². The van der Waals surface area contributed by atoms with Crippen molar-refractivity contribution in [2.24, 2.45) is 28.2 Å². The third kappa shape index (κ3) is 7.79. The van der Waals surface area contributed by atoms with Gasteiger partial charge in [0.15, 0.2) is 17.3 Å². The van der Waals surface area contributed by atoms with Gasteiger partial charge in [-0.3, -0.25) is 47.0 Å². The molecule has 306 valence electrons. The van der Waals surface area contributed by atoms with Crippen LogP contribution in [0.2, 0.25) is 0 Å². The summed E-state index contributed by atoms with van der Waals surface area (Å²) in [7, 11) is 5.63. The van der Waals surface area contributed by atoms with E-state index >= 15 is 0 Å². The van der Waals surface area contributed by atoms with E-state index in [9.17, 15) is 38.4 Å². The molecule has 0 saturated carbocycles. The summed E-state index contributed by atoms with van der Waals surface area (Å²) < 4.78 is 6.12. The van der Waals surface area contributed by atoms with Crippen molar-refractivity contribution in [1.29, 1.82) is 0 Å². The van der Waals surface area contributed by atoms with Gasteiger partial charge in [-0.15, -0.1) is 12.6 Å². The summed E-state index contributed by atoms with van der Waals surface area (Å²) in [6, 6.07) is 15.2. The number of fused-ring (bicyclic) bond motifs is 6. The van der Waals surface area contributed by atoms with Crippen LogP contribution in [0.3, 0.4) is 0 Å². The molecule has 6 aromatic rings. The molecule has 14 nitrogen and oxygen atoms in total. The Kier molecular flexibility index (Phi) is 12.9. The van der Waals surface area contributed by atoms with E-state index in [4.69, 9.17) is 0 Å². The summed E-state index contributed by atoms with van der Waals surface area (Å²) in [6.45, 7) is 3.61. The SMILES string of the molecule is CCc1nc2c(c3c1C(=O)C(Sc1ccccc1Br)=CC3=O)c(=O)n(C)c(=O)n2C.CCc1nc2c(c3c1C(=O)C=CC3=O)c(=O)n(C)c(=O)n2C.Sc1ccccc1Br. The number of thioether (sulfide) groups is 1. The van der Waals surface area contributed by atoms with Crippen LogP contribution in [0.15, 0.2) is 110 Å². The molecule has 4 heterocycles. The van der Waals surface area contributed by atoms with Crippen molar-refractivity contribution in [3.05, 3.63) is 156 Å². The molecule has 0 unspecified atom stereocenters. The summed E-state index contributed by atoms with van der Waals surface area (Å²) in [5, 5.41) is 0.00541. The van der Waals surface area contributed by atoms with E-state index in [0.717, 1.165) is 33.9 Å². The quantitative estimate of drug-likeness (QED) is 0.209. The Hall–Kier alpha value is -5.56. The highest BCUT2D eigenvalue weighted by Gasteiger charge is 2.34. The van der Waals surface area contributed by atoms with Gasteiger partial charge in [0.05, 0.1) is 49.3 Å². The maximum absolute atomic E-state index is 13.4. The molecule has 0 aliphatic heterocycles. The lowest BCUT2D eigenvalue weighted by atomic mass is 9.90. The first kappa shape index (κ1) is 44.0. The van der Waals surface area contributed by atoms with Gasteiger partial charge in [-0.25, -0.2) is 19.6 Å². The van der Waals surface area contributed by atoms with Gasteiger partial charge in [-0.05, 0) is 81.1 Å². The van der Waals surface area contributed by atoms with E-state index in [-0.39, 0.29) is 60.8 Å². The fourth-order valence-corrected chi connectivity index (χ4v) is 8.54. The Morgan fingerprint density at radius 1 is 0.583 bits per heavy atom. The number of allylic oxidation sites excluding steroid dienone is 4. The van der Waals surface area contributed by atoms with E-state index in [1.807, 2.05) is 55.5 Å². The fourth-order valence-electron chi connectivity index (χ4n) is 6.66. The Morgan fingerprint density at radius 3 is 1.50 bits per heavy atom. The molecule has 60 heavy (non-hydrogen) atoms. The third-order valence-electron chi connectivity index (χ3n) is 9.74. The number of carbonyl (C=O) groups excluding carboxylic acids is 4. The number of aryl methyl sites for hydroxylation is 4. The normalized spacial score (nSPS) is 13.1. The van der Waals surface area contributed by atoms with Crippen molar-refractivity contribution < 1.29 is 19.2 Å². The average molecular weight is 975 g/mol. The van der Waals surface area contributed by atoms with Gasteiger partial charge < -0.3 is 0 Å². The van der Waals surface area contributed by atoms with Gasteiger partial charge in [-0.1, -0.05) is 49.9 Å². The number of carbonyl (C=O) groups is 4. The predicted molar refractivity (Wildman–Crippen MR) is 239 cm³/mol. The first-order valence-electron chi connectivity index (χ1n) is 18.1. The lowest BCUT2D eigenvalue weighted by molar-refractivity contribution is 0.0991. The average Bonchev–Trinajstić information content (AvgIpc) is 3.24. The number of thiol groups is 1. The number of Topliss-reactive ketones (excluding diaryl/α,β-unsaturated/α-hetero) is 1. The number of benzene rings is 2. The number of hydrogen-bond donors (Lipinski definition) is 1. The van der Waals surface area contributed by atoms with E-state index in [2.05, 4.69) is 54.5 Å². The first-order valence-corrected chi connectivity index (χ1v) is 21.0. The van der Waals surface area contributed by atoms with Crippen LogP contribution in [-0.2, 0) is 41.0 Å². The van der Waals surface area contributed by atoms with Gasteiger partial charge in [0.2, 0.25) is 5.78 Å². The maximum Gasteiger partial charge on any atom is 0.332 e. The minimum absolute atomic E-state index is 0.00802. The van der Waals surface area contributed by atoms with Crippen molar-refractivity contribution in [3.8, 4) is 0 Å². The molecule has 2 aliphatic carbocycles. The monoisotopic (exact) mass is 972 g/mol. The number of ketones is 4. The lowest BCUT2D eigenvalue weighted by Gasteiger charge is -2.20. The summed E-state index contributed by atoms with van der Waals surface area (Å²) in [4.78, 5) is 111. The standard InChI is InChI=1S/C21H16BrN3O4S.C15H13N3O4.C6H5BrS/c1-4-11-15-16(17-19(23-11)24(2)21(29)25(3)20(17)28)12(26)9-14(18(15)27)30-13-8-6-5-7-10(13)22;1-4-7-10-8(19)5-6-9(20)11(10)12-13(16-7)17(2)15(22)18(3)14(12)21;7-5-3-1-2-4-6(5)8/h5-9H,4H2,1-3H3;5-6H,4H2,1-3H3;1-4,8H. The van der Waals surface area contributed by atoms with Crippen LogP contribution in [-0.4, -0.2) is 51.4 Å². The van der Waals surface area contributed by atoms with Gasteiger partial charge in [-0.2, -0.15) is 0 Å². The van der Waals surface area contributed by atoms with Crippen molar-refractivity contribution in [2.45, 2.75) is 36.5 Å². The van der Waals surface area contributed by atoms with Crippen molar-refractivity contribution in [3.63, 3.8) is 0 Å². The van der Waals surface area contributed by atoms with Crippen LogP contribution >= 0.6 is 56.3 Å². The zero-order valence-electron chi connectivity index (χ0n) is 32.8. The second kappa shape index (κ2) is 17.6. The minimum atomic E-state index is -0.643. The van der Waals surface area contributed by atoms with Crippen molar-refractivity contribution in [1.82, 2.24) is 28.2 Å². The summed E-state index contributed by atoms with van der Waals surface area (Å²) in [5.41, 5.74) is -0.936. The van der Waals surface area contributed by atoms with Crippen LogP contribution in [0.5, 0.6) is 0 Å². The van der Waals surface area contributed by atoms with Gasteiger partial charge in [0, 0.05) is 53.0 Å². The molecule has 8 rings (SSSR count). The second-order valence-corrected chi connectivity index (χ2v) is 16.7. The van der Waals surface area contributed by atoms with Crippen LogP contribution < -0.4 is 22.5 Å². The molecule has 0 saturated heterocycles. The topological polar surface area (TPSA) is 182 Å². The molecule has 0 spiro atoms. The Labute approximate surface area is 367 Å². The first-order chi connectivity index (χ1) is 28.4. The fraction of sp³-hybridized carbons (Fsp3) is 0.190. The smallest absolute Gasteiger partial charge is 0.289 e. The van der Waals surface area contributed by atoms with E-state index in [1.165, 1.54) is 61.2 Å². The van der Waals surface area contributed by atoms with Crippen LogP contribution in [0.4, 0.5) is 0 Å². The Bertz CT molecular complexity index is 3180. The highest BCUT2D eigenvalue weighted by Crippen LogP contribution is 2.39. The molecular formula is C42H34Br2N6O8S2. The second-order valence-electron chi connectivity index (χ2n) is 13.4. The Morgan fingerprint density at radius 2 is 1.03 bits per heavy atom. The Balaban J connectivity index is 0.000000175. The highest BCUT2D eigenvalue weighted by atomic mass is 79.9. The number of halogens is 2. The molecule has 0 atom stereocenters. The van der Waals surface area contributed by atoms with E-state index in [0.29, 0.717) is 24.2 Å². The van der Waals surface area contributed by atoms with Gasteiger partial charge >= 0.3 is 11.4 Å². The molecule has 0 fully saturated rings. The summed E-state index contributed by atoms with van der Waals surface area (Å²) in [6.07, 6.45) is 4.37. The maximum atomic E-state index is 13.4. The van der Waals surface area contributed by atoms with Crippen LogP contribution in [0, 0.1) is 0 Å². The molecule has 0 radical (unpaired) electrons. The summed E-state index contributed by atoms with van der Waals surface area (Å²) in [5.74, 6) is -1.58. The third-order valence-corrected chi connectivity index (χ3v) is 13.2. The van der Waals surface area contributed by atoms with Crippen LogP contribution in [0.25, 0.3) is 22.1 Å². The highest BCUT2D eigenvalue weighted by molar-refractivity contribution is 9.10. The lowest BCUT2D eigenvalue weighted by Crippen LogP contribution is -2.39. The largest absolute Gasteiger partial charge is 0.332 e. The minimum Gasteiger partial charge on any atom is -0.289 e. The predicted octanol–water partition coefficient (Wildman–Crippen LogP) is 5.88. The molecule has 0 amide bonds. The van der Waals surface area contributed by atoms with Crippen LogP contribution in [0.1, 0.15) is 66.7 Å².